The van der Waals surface area contributed by atoms with Crippen molar-refractivity contribution in [1.29, 1.82) is 0 Å². The third-order valence-corrected chi connectivity index (χ3v) is 1.07. The molecule has 54 valence electrons. The fourth-order valence-electron chi connectivity index (χ4n) is 0.592. The van der Waals surface area contributed by atoms with Crippen LogP contribution in [0.5, 0.6) is 5.88 Å². The maximum atomic E-state index is 5.29. The molecule has 0 aliphatic rings. The van der Waals surface area contributed by atoms with Crippen LogP contribution in [0.2, 0.25) is 0 Å². The lowest BCUT2D eigenvalue weighted by atomic mass is 10.5. The second-order valence-corrected chi connectivity index (χ2v) is 1.72. The summed E-state index contributed by atoms with van der Waals surface area (Å²) in [5.74, 6) is 1.15. The summed E-state index contributed by atoms with van der Waals surface area (Å²) >= 11 is 0. The van der Waals surface area contributed by atoms with Gasteiger partial charge in [0.1, 0.15) is 5.82 Å². The third kappa shape index (κ3) is 1.41. The van der Waals surface area contributed by atoms with E-state index in [0.29, 0.717) is 18.2 Å². The highest BCUT2D eigenvalue weighted by atomic mass is 16.5. The lowest BCUT2D eigenvalue weighted by Crippen LogP contribution is -2.03. The smallest absolute Gasteiger partial charge is 0.216 e. The standard InChI is InChI=1S/C6H9N3O/c1-10-6-2-3-8-5(4-7)9-6/h2-3H,4,7H2,1H3. The van der Waals surface area contributed by atoms with E-state index in [9.17, 15) is 0 Å². The fourth-order valence-corrected chi connectivity index (χ4v) is 0.592. The fraction of sp³-hybridized carbons (Fsp3) is 0.333. The zero-order chi connectivity index (χ0) is 7.40. The zero-order valence-electron chi connectivity index (χ0n) is 5.74. The number of aromatic nitrogens is 2. The van der Waals surface area contributed by atoms with E-state index in [1.54, 1.807) is 19.4 Å². The van der Waals surface area contributed by atoms with Gasteiger partial charge in [0.05, 0.1) is 13.7 Å². The minimum atomic E-state index is 0.344. The zero-order valence-corrected chi connectivity index (χ0v) is 5.74. The van der Waals surface area contributed by atoms with Crippen LogP contribution >= 0.6 is 0 Å². The normalized spacial score (nSPS) is 9.40. The van der Waals surface area contributed by atoms with Gasteiger partial charge in [-0.25, -0.2) is 4.98 Å². The first-order valence-corrected chi connectivity index (χ1v) is 2.93. The highest BCUT2D eigenvalue weighted by Gasteiger charge is 1.93. The Morgan fingerprint density at radius 2 is 2.50 bits per heavy atom. The van der Waals surface area contributed by atoms with Gasteiger partial charge in [0, 0.05) is 12.3 Å². The summed E-state index contributed by atoms with van der Waals surface area (Å²) in [5, 5.41) is 0. The van der Waals surface area contributed by atoms with Gasteiger partial charge < -0.3 is 10.5 Å². The summed E-state index contributed by atoms with van der Waals surface area (Å²) in [6.45, 7) is 0.344. The molecule has 2 N–H and O–H groups in total. The van der Waals surface area contributed by atoms with Crippen LogP contribution in [0.3, 0.4) is 0 Å². The van der Waals surface area contributed by atoms with Crippen molar-refractivity contribution in [2.24, 2.45) is 5.73 Å². The van der Waals surface area contributed by atoms with Crippen LogP contribution in [0.25, 0.3) is 0 Å². The summed E-state index contributed by atoms with van der Waals surface area (Å²) in [6, 6.07) is 1.68. The van der Waals surface area contributed by atoms with Crippen LogP contribution in [0.15, 0.2) is 12.3 Å². The number of nitrogens with two attached hydrogens (primary N) is 1. The van der Waals surface area contributed by atoms with Crippen molar-refractivity contribution >= 4 is 0 Å². The van der Waals surface area contributed by atoms with Crippen LogP contribution in [0.1, 0.15) is 5.82 Å². The van der Waals surface area contributed by atoms with E-state index in [0.717, 1.165) is 0 Å². The van der Waals surface area contributed by atoms with Crippen molar-refractivity contribution in [2.75, 3.05) is 7.11 Å². The number of ether oxygens (including phenoxy) is 1. The van der Waals surface area contributed by atoms with E-state index >= 15 is 0 Å². The quantitative estimate of drug-likeness (QED) is 0.623. The minimum Gasteiger partial charge on any atom is -0.481 e. The molecule has 0 fully saturated rings. The van der Waals surface area contributed by atoms with E-state index in [4.69, 9.17) is 10.5 Å². The van der Waals surface area contributed by atoms with Gasteiger partial charge in [0.2, 0.25) is 5.88 Å². The monoisotopic (exact) mass is 139 g/mol. The average Bonchev–Trinajstić information content (AvgIpc) is 2.05. The van der Waals surface area contributed by atoms with Gasteiger partial charge in [0.25, 0.3) is 0 Å². The number of hydrogen-bond donors (Lipinski definition) is 1. The molecule has 0 saturated heterocycles. The molecule has 10 heavy (non-hydrogen) atoms. The molecule has 0 bridgehead atoms. The van der Waals surface area contributed by atoms with Crippen molar-refractivity contribution in [3.63, 3.8) is 0 Å². The molecule has 1 aromatic rings. The van der Waals surface area contributed by atoms with E-state index in [2.05, 4.69) is 9.97 Å². The molecule has 0 unspecified atom stereocenters. The second-order valence-electron chi connectivity index (χ2n) is 1.72. The van der Waals surface area contributed by atoms with Crippen molar-refractivity contribution in [2.45, 2.75) is 6.54 Å². The van der Waals surface area contributed by atoms with Crippen LogP contribution < -0.4 is 10.5 Å². The summed E-state index contributed by atoms with van der Waals surface area (Å²) < 4.78 is 4.85. The van der Waals surface area contributed by atoms with E-state index < -0.39 is 0 Å². The van der Waals surface area contributed by atoms with Gasteiger partial charge in [0.15, 0.2) is 0 Å². The molecule has 1 rings (SSSR count). The lowest BCUT2D eigenvalue weighted by molar-refractivity contribution is 0.394. The molecule has 0 aliphatic carbocycles. The Hall–Kier alpha value is -1.16. The Labute approximate surface area is 59.1 Å². The van der Waals surface area contributed by atoms with E-state index in [1.807, 2.05) is 0 Å². The first kappa shape index (κ1) is 6.95. The number of hydrogen-bond acceptors (Lipinski definition) is 4. The van der Waals surface area contributed by atoms with Crippen LogP contribution in [-0.4, -0.2) is 17.1 Å². The van der Waals surface area contributed by atoms with Crippen molar-refractivity contribution in [1.82, 2.24) is 9.97 Å². The molecule has 0 saturated carbocycles. The summed E-state index contributed by atoms with van der Waals surface area (Å²) in [5.41, 5.74) is 5.29. The van der Waals surface area contributed by atoms with E-state index in [-0.39, 0.29) is 0 Å². The molecular formula is C6H9N3O. The van der Waals surface area contributed by atoms with E-state index in [1.165, 1.54) is 0 Å². The van der Waals surface area contributed by atoms with Crippen LogP contribution in [0, 0.1) is 0 Å². The molecule has 4 nitrogen and oxygen atoms in total. The van der Waals surface area contributed by atoms with Crippen LogP contribution in [-0.2, 0) is 6.54 Å². The van der Waals surface area contributed by atoms with Gasteiger partial charge in [-0.15, -0.1) is 0 Å². The summed E-state index contributed by atoms with van der Waals surface area (Å²) in [7, 11) is 1.56. The Kier molecular flexibility index (Phi) is 2.17. The van der Waals surface area contributed by atoms with Crippen LogP contribution in [0.4, 0.5) is 0 Å². The molecule has 1 heterocycles. The van der Waals surface area contributed by atoms with Gasteiger partial charge in [-0.05, 0) is 0 Å². The third-order valence-electron chi connectivity index (χ3n) is 1.07. The Morgan fingerprint density at radius 1 is 1.70 bits per heavy atom. The molecule has 0 radical (unpaired) electrons. The van der Waals surface area contributed by atoms with Crippen molar-refractivity contribution in [3.05, 3.63) is 18.1 Å². The van der Waals surface area contributed by atoms with Crippen molar-refractivity contribution < 1.29 is 4.74 Å². The SMILES string of the molecule is COc1ccnc(CN)n1. The molecule has 0 atom stereocenters. The highest BCUT2D eigenvalue weighted by molar-refractivity contribution is 5.07. The second kappa shape index (κ2) is 3.12. The summed E-state index contributed by atoms with van der Waals surface area (Å²) in [4.78, 5) is 7.84. The van der Waals surface area contributed by atoms with Crippen molar-refractivity contribution in [3.8, 4) is 5.88 Å². The molecule has 0 aliphatic heterocycles. The molecule has 0 amide bonds. The van der Waals surface area contributed by atoms with Gasteiger partial charge >= 0.3 is 0 Å². The Balaban J connectivity index is 2.87. The molecule has 0 spiro atoms. The Morgan fingerprint density at radius 3 is 3.10 bits per heavy atom. The van der Waals surface area contributed by atoms with Gasteiger partial charge in [-0.2, -0.15) is 4.98 Å². The lowest BCUT2D eigenvalue weighted by Gasteiger charge is -1.98. The molecule has 0 aromatic carbocycles. The largest absolute Gasteiger partial charge is 0.481 e. The predicted molar refractivity (Wildman–Crippen MR) is 36.5 cm³/mol. The first-order chi connectivity index (χ1) is 4.86. The molecule has 1 aromatic heterocycles. The maximum Gasteiger partial charge on any atom is 0.216 e. The highest BCUT2D eigenvalue weighted by Crippen LogP contribution is 2.02. The number of methoxy groups -OCH3 is 1. The predicted octanol–water partition coefficient (Wildman–Crippen LogP) is -0.0561. The number of rotatable bonds is 2. The number of nitrogens with zero attached hydrogens (tertiary/aromatic N) is 2. The van der Waals surface area contributed by atoms with Gasteiger partial charge in [-0.3, -0.25) is 0 Å². The molecular weight excluding hydrogens is 130 g/mol. The Bertz CT molecular complexity index is 195. The van der Waals surface area contributed by atoms with Gasteiger partial charge in [-0.1, -0.05) is 0 Å². The minimum absolute atomic E-state index is 0.344. The first-order valence-electron chi connectivity index (χ1n) is 2.93. The average molecular weight is 139 g/mol. The maximum absolute atomic E-state index is 5.29. The summed E-state index contributed by atoms with van der Waals surface area (Å²) in [6.07, 6.45) is 1.62. The molecule has 4 heteroatoms. The topological polar surface area (TPSA) is 61.0 Å².